The van der Waals surface area contributed by atoms with Gasteiger partial charge in [0.25, 0.3) is 0 Å². The Morgan fingerprint density at radius 2 is 1.65 bits per heavy atom. The van der Waals surface area contributed by atoms with Crippen LogP contribution in [-0.2, 0) is 7.05 Å². The molecule has 0 N–H and O–H groups in total. The molecule has 3 aromatic rings. The molecule has 0 radical (unpaired) electrons. The van der Waals surface area contributed by atoms with Crippen LogP contribution in [0.1, 0.15) is 17.0 Å². The normalized spacial score (nSPS) is 11.5. The van der Waals surface area contributed by atoms with Gasteiger partial charge in [0.05, 0.1) is 11.0 Å². The lowest BCUT2D eigenvalue weighted by atomic mass is 10.1. The van der Waals surface area contributed by atoms with Crippen molar-refractivity contribution in [1.29, 1.82) is 0 Å². The first kappa shape index (κ1) is 10.3. The first-order chi connectivity index (χ1) is 8.09. The summed E-state index contributed by atoms with van der Waals surface area (Å²) in [6.45, 7) is 6.39. The Hall–Kier alpha value is -1.83. The second-order valence-corrected chi connectivity index (χ2v) is 4.75. The fourth-order valence-corrected chi connectivity index (χ4v) is 2.57. The Labute approximate surface area is 101 Å². The molecule has 0 unspecified atom stereocenters. The highest BCUT2D eigenvalue weighted by atomic mass is 14.9. The predicted molar refractivity (Wildman–Crippen MR) is 72.4 cm³/mol. The second kappa shape index (κ2) is 3.33. The summed E-state index contributed by atoms with van der Waals surface area (Å²) in [4.78, 5) is 4.59. The van der Waals surface area contributed by atoms with Gasteiger partial charge in [-0.05, 0) is 44.5 Å². The molecular weight excluding hydrogens is 208 g/mol. The van der Waals surface area contributed by atoms with E-state index in [2.05, 4.69) is 54.7 Å². The van der Waals surface area contributed by atoms with E-state index in [1.165, 1.54) is 27.5 Å². The van der Waals surface area contributed by atoms with Gasteiger partial charge in [-0.15, -0.1) is 0 Å². The lowest BCUT2D eigenvalue weighted by molar-refractivity contribution is 0.913. The van der Waals surface area contributed by atoms with Gasteiger partial charge in [0.2, 0.25) is 0 Å². The van der Waals surface area contributed by atoms with Gasteiger partial charge in [-0.25, -0.2) is 0 Å². The van der Waals surface area contributed by atoms with Crippen LogP contribution in [0.15, 0.2) is 24.3 Å². The smallest absolute Gasteiger partial charge is 0.0726 e. The number of pyridine rings is 1. The average molecular weight is 224 g/mol. The summed E-state index contributed by atoms with van der Waals surface area (Å²) < 4.78 is 2.27. The summed E-state index contributed by atoms with van der Waals surface area (Å²) in [5.41, 5.74) is 6.14. The molecule has 0 atom stereocenters. The highest BCUT2D eigenvalue weighted by Gasteiger charge is 2.11. The van der Waals surface area contributed by atoms with E-state index in [1.54, 1.807) is 0 Å². The highest BCUT2D eigenvalue weighted by Crippen LogP contribution is 2.30. The van der Waals surface area contributed by atoms with Crippen LogP contribution in [0, 0.1) is 20.8 Å². The third kappa shape index (κ3) is 1.30. The van der Waals surface area contributed by atoms with E-state index >= 15 is 0 Å². The number of hydrogen-bond acceptors (Lipinski definition) is 1. The minimum absolute atomic E-state index is 1.07. The Morgan fingerprint density at radius 1 is 0.941 bits per heavy atom. The molecule has 0 amide bonds. The average Bonchev–Trinajstić information content (AvgIpc) is 2.54. The van der Waals surface area contributed by atoms with Crippen molar-refractivity contribution in [2.75, 3.05) is 0 Å². The number of benzene rings is 1. The van der Waals surface area contributed by atoms with Crippen molar-refractivity contribution < 1.29 is 0 Å². The van der Waals surface area contributed by atoms with Crippen LogP contribution in [-0.4, -0.2) is 9.55 Å². The van der Waals surface area contributed by atoms with Crippen molar-refractivity contribution in [2.24, 2.45) is 7.05 Å². The Morgan fingerprint density at radius 3 is 2.41 bits per heavy atom. The van der Waals surface area contributed by atoms with E-state index in [-0.39, 0.29) is 0 Å². The summed E-state index contributed by atoms with van der Waals surface area (Å²) in [7, 11) is 2.13. The molecule has 0 aliphatic heterocycles. The number of hydrogen-bond donors (Lipinski definition) is 0. The van der Waals surface area contributed by atoms with Gasteiger partial charge < -0.3 is 4.57 Å². The Bertz CT molecular complexity index is 736. The van der Waals surface area contributed by atoms with E-state index in [0.717, 1.165) is 11.2 Å². The first-order valence-corrected chi connectivity index (χ1v) is 5.91. The van der Waals surface area contributed by atoms with E-state index in [0.29, 0.717) is 0 Å². The fourth-order valence-electron chi connectivity index (χ4n) is 2.57. The van der Waals surface area contributed by atoms with Crippen molar-refractivity contribution in [3.63, 3.8) is 0 Å². The van der Waals surface area contributed by atoms with Gasteiger partial charge in [0, 0.05) is 29.2 Å². The quantitative estimate of drug-likeness (QED) is 0.570. The second-order valence-electron chi connectivity index (χ2n) is 4.75. The molecule has 0 bridgehead atoms. The van der Waals surface area contributed by atoms with Crippen LogP contribution in [0.5, 0.6) is 0 Å². The van der Waals surface area contributed by atoms with Gasteiger partial charge >= 0.3 is 0 Å². The largest absolute Gasteiger partial charge is 0.347 e. The monoisotopic (exact) mass is 224 g/mol. The summed E-state index contributed by atoms with van der Waals surface area (Å²) in [6, 6.07) is 8.57. The fraction of sp³-hybridized carbons (Fsp3) is 0.267. The van der Waals surface area contributed by atoms with Gasteiger partial charge in [-0.2, -0.15) is 0 Å². The zero-order valence-electron chi connectivity index (χ0n) is 10.7. The highest BCUT2D eigenvalue weighted by molar-refractivity contribution is 6.06. The number of rotatable bonds is 0. The summed E-state index contributed by atoms with van der Waals surface area (Å²) in [5, 5.41) is 2.58. The van der Waals surface area contributed by atoms with Gasteiger partial charge in [0.1, 0.15) is 0 Å². The summed E-state index contributed by atoms with van der Waals surface area (Å²) in [5.74, 6) is 0. The first-order valence-electron chi connectivity index (χ1n) is 5.91. The number of aryl methyl sites for hydroxylation is 3. The number of fused-ring (bicyclic) bond motifs is 3. The molecule has 0 aliphatic rings. The van der Waals surface area contributed by atoms with E-state index in [1.807, 2.05) is 6.92 Å². The van der Waals surface area contributed by atoms with Crippen LogP contribution in [0.3, 0.4) is 0 Å². The molecule has 3 rings (SSSR count). The van der Waals surface area contributed by atoms with E-state index in [4.69, 9.17) is 0 Å². The van der Waals surface area contributed by atoms with E-state index < -0.39 is 0 Å². The zero-order chi connectivity index (χ0) is 12.2. The van der Waals surface area contributed by atoms with E-state index in [9.17, 15) is 0 Å². The molecule has 1 aromatic carbocycles. The molecular formula is C15H16N2. The van der Waals surface area contributed by atoms with Crippen molar-refractivity contribution in [1.82, 2.24) is 9.55 Å². The molecule has 0 saturated heterocycles. The number of aromatic nitrogens is 2. The lowest BCUT2D eigenvalue weighted by Gasteiger charge is -2.04. The maximum Gasteiger partial charge on any atom is 0.0726 e. The van der Waals surface area contributed by atoms with Crippen molar-refractivity contribution in [3.05, 3.63) is 41.2 Å². The van der Waals surface area contributed by atoms with Crippen LogP contribution >= 0.6 is 0 Å². The maximum absolute atomic E-state index is 4.59. The SMILES string of the molecule is Cc1ccc2c(ccc3c(C)c(C)n(C)c32)n1. The van der Waals surface area contributed by atoms with Crippen LogP contribution in [0.4, 0.5) is 0 Å². The van der Waals surface area contributed by atoms with Crippen molar-refractivity contribution in [3.8, 4) is 0 Å². The zero-order valence-corrected chi connectivity index (χ0v) is 10.7. The number of nitrogens with zero attached hydrogens (tertiary/aromatic N) is 2. The Kier molecular flexibility index (Phi) is 2.02. The molecule has 2 heteroatoms. The van der Waals surface area contributed by atoms with Gasteiger partial charge in [0.15, 0.2) is 0 Å². The third-order valence-corrected chi connectivity index (χ3v) is 3.77. The molecule has 86 valence electrons. The van der Waals surface area contributed by atoms with Gasteiger partial charge in [-0.3, -0.25) is 4.98 Å². The minimum atomic E-state index is 1.07. The van der Waals surface area contributed by atoms with Crippen LogP contribution < -0.4 is 0 Å². The predicted octanol–water partition coefficient (Wildman–Crippen LogP) is 3.65. The summed E-state index contributed by atoms with van der Waals surface area (Å²) in [6.07, 6.45) is 0. The third-order valence-electron chi connectivity index (χ3n) is 3.77. The molecule has 2 aromatic heterocycles. The van der Waals surface area contributed by atoms with Gasteiger partial charge in [-0.1, -0.05) is 6.07 Å². The molecule has 2 heterocycles. The minimum Gasteiger partial charge on any atom is -0.347 e. The topological polar surface area (TPSA) is 17.8 Å². The molecule has 17 heavy (non-hydrogen) atoms. The summed E-state index contributed by atoms with van der Waals surface area (Å²) >= 11 is 0. The molecule has 0 saturated carbocycles. The van der Waals surface area contributed by atoms with Crippen molar-refractivity contribution in [2.45, 2.75) is 20.8 Å². The lowest BCUT2D eigenvalue weighted by Crippen LogP contribution is -1.92. The molecule has 0 aliphatic carbocycles. The maximum atomic E-state index is 4.59. The van der Waals surface area contributed by atoms with Crippen LogP contribution in [0.2, 0.25) is 0 Å². The Balaban J connectivity index is 2.60. The van der Waals surface area contributed by atoms with Crippen LogP contribution in [0.25, 0.3) is 21.8 Å². The standard InChI is InChI=1S/C15H16N2/c1-9-5-6-13-14(16-9)8-7-12-10(2)11(3)17(4)15(12)13/h5-8H,1-4H3. The molecule has 0 fully saturated rings. The molecule has 0 spiro atoms. The molecule has 2 nitrogen and oxygen atoms in total. The van der Waals surface area contributed by atoms with Crippen molar-refractivity contribution >= 4 is 21.8 Å².